The van der Waals surface area contributed by atoms with E-state index in [1.807, 2.05) is 0 Å². The molecule has 1 aromatic rings. The number of carbonyl (C=O) groups excluding carboxylic acids is 1. The van der Waals surface area contributed by atoms with Crippen molar-refractivity contribution in [3.8, 4) is 5.75 Å². The SMILES string of the molecule is O=C(Nc1cccc(OCC(F)(F)F)c1)NC1CCCCCC1. The van der Waals surface area contributed by atoms with Gasteiger partial charge in [-0.15, -0.1) is 0 Å². The zero-order valence-corrected chi connectivity index (χ0v) is 12.8. The smallest absolute Gasteiger partial charge is 0.422 e. The summed E-state index contributed by atoms with van der Waals surface area (Å²) in [5.74, 6) is 0.0644. The number of benzene rings is 1. The number of nitrogens with one attached hydrogen (secondary N) is 2. The highest BCUT2D eigenvalue weighted by atomic mass is 19.4. The van der Waals surface area contributed by atoms with E-state index in [9.17, 15) is 18.0 Å². The third-order valence-corrected chi connectivity index (χ3v) is 3.68. The van der Waals surface area contributed by atoms with Crippen molar-refractivity contribution in [3.63, 3.8) is 0 Å². The van der Waals surface area contributed by atoms with Crippen LogP contribution in [-0.4, -0.2) is 24.9 Å². The molecule has 23 heavy (non-hydrogen) atoms. The molecular weight excluding hydrogens is 309 g/mol. The van der Waals surface area contributed by atoms with Crippen molar-refractivity contribution < 1.29 is 22.7 Å². The molecule has 2 amide bonds. The van der Waals surface area contributed by atoms with Crippen LogP contribution in [0.2, 0.25) is 0 Å². The Labute approximate surface area is 133 Å². The summed E-state index contributed by atoms with van der Waals surface area (Å²) in [7, 11) is 0. The summed E-state index contributed by atoms with van der Waals surface area (Å²) in [4.78, 5) is 12.0. The number of anilines is 1. The van der Waals surface area contributed by atoms with Crippen molar-refractivity contribution in [1.82, 2.24) is 5.32 Å². The van der Waals surface area contributed by atoms with Gasteiger partial charge in [-0.3, -0.25) is 0 Å². The van der Waals surface area contributed by atoms with E-state index in [0.29, 0.717) is 5.69 Å². The zero-order chi connectivity index (χ0) is 16.7. The Kier molecular flexibility index (Phi) is 6.12. The fraction of sp³-hybridized carbons (Fsp3) is 0.562. The first-order valence-corrected chi connectivity index (χ1v) is 7.79. The Morgan fingerprint density at radius 1 is 1.17 bits per heavy atom. The molecule has 0 bridgehead atoms. The van der Waals surface area contributed by atoms with Gasteiger partial charge in [-0.25, -0.2) is 4.79 Å². The van der Waals surface area contributed by atoms with Crippen molar-refractivity contribution in [2.24, 2.45) is 0 Å². The van der Waals surface area contributed by atoms with Crippen LogP contribution in [0.3, 0.4) is 0 Å². The van der Waals surface area contributed by atoms with Gasteiger partial charge in [0.15, 0.2) is 6.61 Å². The van der Waals surface area contributed by atoms with Crippen LogP contribution in [0.25, 0.3) is 0 Å². The molecule has 0 aromatic heterocycles. The van der Waals surface area contributed by atoms with Crippen LogP contribution in [0.4, 0.5) is 23.7 Å². The van der Waals surface area contributed by atoms with E-state index >= 15 is 0 Å². The molecule has 0 atom stereocenters. The highest BCUT2D eigenvalue weighted by Gasteiger charge is 2.28. The number of hydrogen-bond acceptors (Lipinski definition) is 2. The maximum Gasteiger partial charge on any atom is 0.422 e. The average molecular weight is 330 g/mol. The topological polar surface area (TPSA) is 50.4 Å². The third-order valence-electron chi connectivity index (χ3n) is 3.68. The number of urea groups is 1. The van der Waals surface area contributed by atoms with Crippen molar-refractivity contribution in [1.29, 1.82) is 0 Å². The molecule has 0 spiro atoms. The standard InChI is InChI=1S/C16H21F3N2O2/c17-16(18,19)11-23-14-9-5-8-13(10-14)21-15(22)20-12-6-3-1-2-4-7-12/h5,8-10,12H,1-4,6-7,11H2,(H2,20,21,22). The normalized spacial score (nSPS) is 16.5. The molecule has 128 valence electrons. The molecule has 2 rings (SSSR count). The lowest BCUT2D eigenvalue weighted by atomic mass is 10.1. The van der Waals surface area contributed by atoms with Gasteiger partial charge in [-0.1, -0.05) is 31.7 Å². The molecule has 0 heterocycles. The zero-order valence-electron chi connectivity index (χ0n) is 12.8. The monoisotopic (exact) mass is 330 g/mol. The molecule has 4 nitrogen and oxygen atoms in total. The highest BCUT2D eigenvalue weighted by molar-refractivity contribution is 5.89. The lowest BCUT2D eigenvalue weighted by molar-refractivity contribution is -0.153. The van der Waals surface area contributed by atoms with Crippen LogP contribution < -0.4 is 15.4 Å². The van der Waals surface area contributed by atoms with Gasteiger partial charge < -0.3 is 15.4 Å². The van der Waals surface area contributed by atoms with E-state index in [4.69, 9.17) is 0 Å². The molecule has 0 saturated heterocycles. The summed E-state index contributed by atoms with van der Waals surface area (Å²) in [5.41, 5.74) is 0.399. The van der Waals surface area contributed by atoms with Crippen LogP contribution in [0.15, 0.2) is 24.3 Å². The number of halogens is 3. The molecule has 1 aliphatic carbocycles. The van der Waals surface area contributed by atoms with Crippen LogP contribution in [0, 0.1) is 0 Å². The first-order valence-electron chi connectivity index (χ1n) is 7.79. The molecule has 0 radical (unpaired) electrons. The lowest BCUT2D eigenvalue weighted by Gasteiger charge is -2.17. The predicted molar refractivity (Wildman–Crippen MR) is 81.6 cm³/mol. The molecule has 1 aromatic carbocycles. The number of carbonyl (C=O) groups is 1. The first-order chi connectivity index (χ1) is 10.9. The van der Waals surface area contributed by atoms with E-state index in [1.54, 1.807) is 6.07 Å². The second-order valence-corrected chi connectivity index (χ2v) is 5.72. The Hall–Kier alpha value is -1.92. The molecule has 7 heteroatoms. The van der Waals surface area contributed by atoms with Gasteiger partial charge in [0.05, 0.1) is 0 Å². The van der Waals surface area contributed by atoms with Crippen LogP contribution >= 0.6 is 0 Å². The second-order valence-electron chi connectivity index (χ2n) is 5.72. The maximum absolute atomic E-state index is 12.1. The van der Waals surface area contributed by atoms with Crippen LogP contribution in [-0.2, 0) is 0 Å². The minimum absolute atomic E-state index is 0.0644. The quantitative estimate of drug-likeness (QED) is 0.800. The number of alkyl halides is 3. The number of amides is 2. The van der Waals surface area contributed by atoms with Gasteiger partial charge in [0.1, 0.15) is 5.75 Å². The Morgan fingerprint density at radius 3 is 2.52 bits per heavy atom. The van der Waals surface area contributed by atoms with E-state index in [-0.39, 0.29) is 17.8 Å². The summed E-state index contributed by atoms with van der Waals surface area (Å²) in [6.45, 7) is -1.36. The van der Waals surface area contributed by atoms with Crippen molar-refractivity contribution in [2.45, 2.75) is 50.7 Å². The lowest BCUT2D eigenvalue weighted by Crippen LogP contribution is -2.37. The van der Waals surface area contributed by atoms with E-state index < -0.39 is 12.8 Å². The first kappa shape index (κ1) is 17.4. The minimum atomic E-state index is -4.39. The fourth-order valence-corrected chi connectivity index (χ4v) is 2.61. The fourth-order valence-electron chi connectivity index (χ4n) is 2.61. The van der Waals surface area contributed by atoms with Crippen molar-refractivity contribution in [3.05, 3.63) is 24.3 Å². The molecular formula is C16H21F3N2O2. The van der Waals surface area contributed by atoms with Gasteiger partial charge in [-0.05, 0) is 25.0 Å². The maximum atomic E-state index is 12.1. The van der Waals surface area contributed by atoms with Crippen LogP contribution in [0.5, 0.6) is 5.75 Å². The van der Waals surface area contributed by atoms with Gasteiger partial charge in [0, 0.05) is 17.8 Å². The highest BCUT2D eigenvalue weighted by Crippen LogP contribution is 2.22. The summed E-state index contributed by atoms with van der Waals surface area (Å²) >= 11 is 0. The molecule has 0 unspecified atom stereocenters. The summed E-state index contributed by atoms with van der Waals surface area (Å²) in [5, 5.41) is 5.55. The Bertz CT molecular complexity index is 512. The molecule has 0 aliphatic heterocycles. The summed E-state index contributed by atoms with van der Waals surface area (Å²) < 4.78 is 41.1. The number of rotatable bonds is 4. The molecule has 2 N–H and O–H groups in total. The molecule has 1 aliphatic rings. The minimum Gasteiger partial charge on any atom is -0.484 e. The Morgan fingerprint density at radius 2 is 1.87 bits per heavy atom. The van der Waals surface area contributed by atoms with Crippen molar-refractivity contribution >= 4 is 11.7 Å². The van der Waals surface area contributed by atoms with Gasteiger partial charge >= 0.3 is 12.2 Å². The molecule has 1 fully saturated rings. The second kappa shape index (κ2) is 8.08. The summed E-state index contributed by atoms with van der Waals surface area (Å²) in [6, 6.07) is 5.74. The largest absolute Gasteiger partial charge is 0.484 e. The third kappa shape index (κ3) is 6.80. The average Bonchev–Trinajstić information content (AvgIpc) is 2.73. The predicted octanol–water partition coefficient (Wildman–Crippen LogP) is 4.47. The number of hydrogen-bond donors (Lipinski definition) is 2. The van der Waals surface area contributed by atoms with Gasteiger partial charge in [-0.2, -0.15) is 13.2 Å². The van der Waals surface area contributed by atoms with E-state index in [0.717, 1.165) is 25.7 Å². The Balaban J connectivity index is 1.85. The van der Waals surface area contributed by atoms with Gasteiger partial charge in [0.2, 0.25) is 0 Å². The van der Waals surface area contributed by atoms with E-state index in [1.165, 1.54) is 31.0 Å². The van der Waals surface area contributed by atoms with Crippen molar-refractivity contribution in [2.75, 3.05) is 11.9 Å². The van der Waals surface area contributed by atoms with Crippen LogP contribution in [0.1, 0.15) is 38.5 Å². The molecule has 1 saturated carbocycles. The van der Waals surface area contributed by atoms with Gasteiger partial charge in [0.25, 0.3) is 0 Å². The van der Waals surface area contributed by atoms with E-state index in [2.05, 4.69) is 15.4 Å². The summed E-state index contributed by atoms with van der Waals surface area (Å²) in [6.07, 6.45) is 2.12. The number of ether oxygens (including phenoxy) is 1.